The first-order valence-electron chi connectivity index (χ1n) is 9.65. The smallest absolute Gasteiger partial charge is 0.316 e. The van der Waals surface area contributed by atoms with E-state index in [1.165, 1.54) is 20.2 Å². The molecule has 2 N–H and O–H groups in total. The van der Waals surface area contributed by atoms with Gasteiger partial charge >= 0.3 is 5.97 Å². The van der Waals surface area contributed by atoms with Crippen molar-refractivity contribution >= 4 is 35.1 Å². The van der Waals surface area contributed by atoms with Crippen LogP contribution >= 0.6 is 0 Å². The van der Waals surface area contributed by atoms with E-state index in [0.29, 0.717) is 24.5 Å². The van der Waals surface area contributed by atoms with Crippen LogP contribution in [0.1, 0.15) is 29.2 Å². The van der Waals surface area contributed by atoms with E-state index in [4.69, 9.17) is 4.74 Å². The molecule has 0 radical (unpaired) electrons. The number of benzene rings is 2. The highest BCUT2D eigenvalue weighted by Crippen LogP contribution is 2.41. The number of para-hydroxylation sites is 1. The molecular formula is C23H22N2O5. The summed E-state index contributed by atoms with van der Waals surface area (Å²) >= 11 is 0. The van der Waals surface area contributed by atoms with Gasteiger partial charge in [-0.25, -0.2) is 0 Å². The summed E-state index contributed by atoms with van der Waals surface area (Å²) in [5.74, 6) is -0.908. The van der Waals surface area contributed by atoms with Crippen molar-refractivity contribution in [3.63, 3.8) is 0 Å². The Morgan fingerprint density at radius 3 is 2.87 bits per heavy atom. The Morgan fingerprint density at radius 1 is 1.30 bits per heavy atom. The number of methoxy groups -OCH3 is 1. The minimum Gasteiger partial charge on any atom is -0.487 e. The summed E-state index contributed by atoms with van der Waals surface area (Å²) in [5, 5.41) is 12.6. The van der Waals surface area contributed by atoms with Crippen LogP contribution < -0.4 is 5.32 Å². The van der Waals surface area contributed by atoms with Crippen molar-refractivity contribution in [3.8, 4) is 0 Å². The van der Waals surface area contributed by atoms with Crippen molar-refractivity contribution in [3.05, 3.63) is 64.7 Å². The number of aliphatic imine (C=N–C) groups is 1. The topological polar surface area (TPSA) is 97.2 Å². The normalized spacial score (nSPS) is 19.1. The molecule has 2 heterocycles. The van der Waals surface area contributed by atoms with Crippen LogP contribution in [-0.4, -0.2) is 36.4 Å². The van der Waals surface area contributed by atoms with E-state index in [9.17, 15) is 14.7 Å². The van der Waals surface area contributed by atoms with E-state index in [0.717, 1.165) is 27.9 Å². The van der Waals surface area contributed by atoms with Crippen molar-refractivity contribution in [2.45, 2.75) is 26.2 Å². The number of aliphatic hydroxyl groups excluding tert-OH is 1. The standard InChI is InChI=1S/C23H22N2O5/c1-13(26)18(23(28)29-2)11-24-10-14-7-8-16-15(9-14)12-30-21(16)20-17-5-3-4-6-19(17)25-22(20)27/h3-9,11,13,18,26H,10,12H2,1-2H3,(H,25,27)/b21-20+,24-11?/t13-,18?/m1/s1. The van der Waals surface area contributed by atoms with Gasteiger partial charge in [0.2, 0.25) is 0 Å². The first-order chi connectivity index (χ1) is 14.5. The maximum atomic E-state index is 12.5. The number of fused-ring (bicyclic) bond motifs is 2. The molecule has 1 amide bonds. The number of nitrogens with zero attached hydrogens (tertiary/aromatic N) is 1. The Bertz CT molecular complexity index is 1070. The van der Waals surface area contributed by atoms with Crippen molar-refractivity contribution in [2.75, 3.05) is 12.4 Å². The number of ether oxygens (including phenoxy) is 2. The van der Waals surface area contributed by atoms with E-state index >= 15 is 0 Å². The molecule has 154 valence electrons. The third kappa shape index (κ3) is 3.59. The fourth-order valence-electron chi connectivity index (χ4n) is 3.65. The zero-order chi connectivity index (χ0) is 21.3. The molecule has 0 saturated carbocycles. The summed E-state index contributed by atoms with van der Waals surface area (Å²) in [6.07, 6.45) is 0.539. The molecule has 2 atom stereocenters. The van der Waals surface area contributed by atoms with Gasteiger partial charge in [0, 0.05) is 28.6 Å². The van der Waals surface area contributed by atoms with E-state index in [1.807, 2.05) is 42.5 Å². The number of amides is 1. The molecule has 2 aliphatic heterocycles. The number of carbonyl (C=O) groups is 2. The molecule has 4 rings (SSSR count). The molecule has 7 nitrogen and oxygen atoms in total. The Balaban J connectivity index is 1.57. The third-order valence-corrected chi connectivity index (χ3v) is 5.22. The molecule has 0 aliphatic carbocycles. The maximum Gasteiger partial charge on any atom is 0.316 e. The molecule has 0 aromatic heterocycles. The average Bonchev–Trinajstić information content (AvgIpc) is 3.29. The molecule has 0 spiro atoms. The molecule has 2 aliphatic rings. The summed E-state index contributed by atoms with van der Waals surface area (Å²) in [4.78, 5) is 28.5. The zero-order valence-corrected chi connectivity index (χ0v) is 16.7. The fraction of sp³-hybridized carbons (Fsp3) is 0.261. The zero-order valence-electron chi connectivity index (χ0n) is 16.7. The summed E-state index contributed by atoms with van der Waals surface area (Å²) in [6.45, 7) is 2.25. The lowest BCUT2D eigenvalue weighted by Gasteiger charge is -2.12. The van der Waals surface area contributed by atoms with Crippen molar-refractivity contribution in [2.24, 2.45) is 10.9 Å². The fourth-order valence-corrected chi connectivity index (χ4v) is 3.65. The SMILES string of the molecule is COC(=O)C(C=NCc1ccc2c(c1)CO/C2=C1/C(=O)Nc2ccccc21)[C@@H](C)O. The van der Waals surface area contributed by atoms with Crippen LogP contribution in [0.5, 0.6) is 0 Å². The van der Waals surface area contributed by atoms with Crippen molar-refractivity contribution in [1.29, 1.82) is 0 Å². The highest BCUT2D eigenvalue weighted by molar-refractivity contribution is 6.36. The summed E-state index contributed by atoms with van der Waals surface area (Å²) in [5.41, 5.74) is 4.97. The van der Waals surface area contributed by atoms with E-state index < -0.39 is 18.0 Å². The molecule has 7 heteroatoms. The number of rotatable bonds is 5. The van der Waals surface area contributed by atoms with Crippen LogP contribution in [0.4, 0.5) is 5.69 Å². The van der Waals surface area contributed by atoms with Gasteiger partial charge in [-0.3, -0.25) is 14.6 Å². The summed E-state index contributed by atoms with van der Waals surface area (Å²) in [6, 6.07) is 13.4. The van der Waals surface area contributed by atoms with Gasteiger partial charge in [-0.2, -0.15) is 0 Å². The van der Waals surface area contributed by atoms with Gasteiger partial charge in [0.05, 0.1) is 25.3 Å². The first-order valence-corrected chi connectivity index (χ1v) is 9.65. The summed E-state index contributed by atoms with van der Waals surface area (Å²) in [7, 11) is 1.28. The molecular weight excluding hydrogens is 384 g/mol. The van der Waals surface area contributed by atoms with Crippen molar-refractivity contribution in [1.82, 2.24) is 0 Å². The number of aliphatic hydroxyl groups is 1. The molecule has 2 aromatic rings. The summed E-state index contributed by atoms with van der Waals surface area (Å²) < 4.78 is 10.6. The lowest BCUT2D eigenvalue weighted by molar-refractivity contribution is -0.145. The van der Waals surface area contributed by atoms with Gasteiger partial charge in [-0.15, -0.1) is 0 Å². The second-order valence-corrected chi connectivity index (χ2v) is 7.26. The highest BCUT2D eigenvalue weighted by atomic mass is 16.5. The number of carbonyl (C=O) groups excluding carboxylic acids is 2. The second-order valence-electron chi connectivity index (χ2n) is 7.26. The highest BCUT2D eigenvalue weighted by Gasteiger charge is 2.32. The molecule has 0 saturated heterocycles. The van der Waals surface area contributed by atoms with E-state index in [1.54, 1.807) is 0 Å². The van der Waals surface area contributed by atoms with Gasteiger partial charge in [0.25, 0.3) is 5.91 Å². The molecule has 0 fully saturated rings. The van der Waals surface area contributed by atoms with Crippen LogP contribution in [-0.2, 0) is 32.2 Å². The van der Waals surface area contributed by atoms with Crippen molar-refractivity contribution < 1.29 is 24.2 Å². The van der Waals surface area contributed by atoms with Gasteiger partial charge in [-0.05, 0) is 24.6 Å². The van der Waals surface area contributed by atoms with Gasteiger partial charge < -0.3 is 19.9 Å². The Labute approximate surface area is 174 Å². The van der Waals surface area contributed by atoms with Crippen LogP contribution in [0.15, 0.2) is 47.5 Å². The largest absolute Gasteiger partial charge is 0.487 e. The number of esters is 1. The number of nitrogens with one attached hydrogen (secondary N) is 1. The van der Waals surface area contributed by atoms with Gasteiger partial charge in [-0.1, -0.05) is 30.3 Å². The Kier molecular flexibility index (Phi) is 5.37. The number of hydrogen-bond donors (Lipinski definition) is 2. The number of hydrogen-bond acceptors (Lipinski definition) is 6. The monoisotopic (exact) mass is 406 g/mol. The van der Waals surface area contributed by atoms with E-state index in [2.05, 4.69) is 15.0 Å². The number of anilines is 1. The lowest BCUT2D eigenvalue weighted by Crippen LogP contribution is -2.28. The lowest BCUT2D eigenvalue weighted by atomic mass is 9.99. The third-order valence-electron chi connectivity index (χ3n) is 5.22. The average molecular weight is 406 g/mol. The predicted molar refractivity (Wildman–Crippen MR) is 112 cm³/mol. The second kappa shape index (κ2) is 8.12. The molecule has 0 bridgehead atoms. The maximum absolute atomic E-state index is 12.5. The van der Waals surface area contributed by atoms with E-state index in [-0.39, 0.29) is 5.91 Å². The van der Waals surface area contributed by atoms with Crippen LogP contribution in [0, 0.1) is 5.92 Å². The molecule has 1 unspecified atom stereocenters. The van der Waals surface area contributed by atoms with Gasteiger partial charge in [0.15, 0.2) is 0 Å². The quantitative estimate of drug-likeness (QED) is 0.452. The van der Waals surface area contributed by atoms with Crippen LogP contribution in [0.3, 0.4) is 0 Å². The minimum absolute atomic E-state index is 0.167. The van der Waals surface area contributed by atoms with Crippen LogP contribution in [0.2, 0.25) is 0 Å². The first kappa shape index (κ1) is 19.8. The van der Waals surface area contributed by atoms with Gasteiger partial charge in [0.1, 0.15) is 18.3 Å². The Morgan fingerprint density at radius 2 is 2.10 bits per heavy atom. The Hall–Kier alpha value is -3.45. The minimum atomic E-state index is -0.885. The molecule has 2 aromatic carbocycles. The van der Waals surface area contributed by atoms with Crippen LogP contribution in [0.25, 0.3) is 11.3 Å². The predicted octanol–water partition coefficient (Wildman–Crippen LogP) is 2.78. The molecule has 30 heavy (non-hydrogen) atoms.